The molecule has 0 heterocycles. The Morgan fingerprint density at radius 3 is 2.86 bits per heavy atom. The second kappa shape index (κ2) is 5.11. The van der Waals surface area contributed by atoms with Crippen molar-refractivity contribution in [1.29, 1.82) is 0 Å². The van der Waals surface area contributed by atoms with Crippen molar-refractivity contribution < 1.29 is 9.53 Å². The Balaban J connectivity index is 2.46. The molecular formula is C10H14N2O2. The molecule has 0 bridgehead atoms. The molecule has 1 rings (SSSR count). The smallest absolute Gasteiger partial charge is 0.325 e. The summed E-state index contributed by atoms with van der Waals surface area (Å²) in [6.07, 6.45) is 0. The zero-order chi connectivity index (χ0) is 10.4. The zero-order valence-corrected chi connectivity index (χ0v) is 8.12. The summed E-state index contributed by atoms with van der Waals surface area (Å²) in [7, 11) is 0. The molecule has 0 aromatic heterocycles. The van der Waals surface area contributed by atoms with Crippen LogP contribution in [0.2, 0.25) is 0 Å². The lowest BCUT2D eigenvalue weighted by Crippen LogP contribution is -2.17. The number of anilines is 2. The first-order valence-corrected chi connectivity index (χ1v) is 4.48. The molecule has 3 N–H and O–H groups in total. The van der Waals surface area contributed by atoms with Gasteiger partial charge >= 0.3 is 5.97 Å². The molecule has 0 saturated carbocycles. The number of rotatable bonds is 4. The molecule has 0 radical (unpaired) electrons. The summed E-state index contributed by atoms with van der Waals surface area (Å²) in [5.74, 6) is -0.282. The lowest BCUT2D eigenvalue weighted by atomic mass is 10.3. The molecule has 1 aromatic rings. The summed E-state index contributed by atoms with van der Waals surface area (Å²) >= 11 is 0. The molecule has 0 amide bonds. The van der Waals surface area contributed by atoms with Crippen molar-refractivity contribution in [3.8, 4) is 0 Å². The highest BCUT2D eigenvalue weighted by molar-refractivity contribution is 5.77. The number of ether oxygens (including phenoxy) is 1. The number of carbonyl (C=O) groups excluding carboxylic acids is 1. The number of nitrogens with two attached hydrogens (primary N) is 1. The van der Waals surface area contributed by atoms with E-state index in [1.165, 1.54) is 0 Å². The molecule has 76 valence electrons. The lowest BCUT2D eigenvalue weighted by Gasteiger charge is -2.07. The van der Waals surface area contributed by atoms with E-state index in [4.69, 9.17) is 10.5 Å². The predicted molar refractivity (Wildman–Crippen MR) is 56.0 cm³/mol. The van der Waals surface area contributed by atoms with Gasteiger partial charge in [-0.2, -0.15) is 0 Å². The minimum atomic E-state index is -0.282. The lowest BCUT2D eigenvalue weighted by molar-refractivity contribution is -0.140. The van der Waals surface area contributed by atoms with Gasteiger partial charge in [0, 0.05) is 0 Å². The number of nitrogens with one attached hydrogen (secondary N) is 1. The third-order valence-corrected chi connectivity index (χ3v) is 1.69. The average Bonchev–Trinajstić information content (AvgIpc) is 2.17. The second-order valence-corrected chi connectivity index (χ2v) is 2.75. The molecule has 14 heavy (non-hydrogen) atoms. The fourth-order valence-electron chi connectivity index (χ4n) is 1.04. The standard InChI is InChI=1S/C10H14N2O2/c1-2-14-10(13)7-12-9-6-4-3-5-8(9)11/h3-6,12H,2,7,11H2,1H3. The van der Waals surface area contributed by atoms with Gasteiger partial charge < -0.3 is 15.8 Å². The topological polar surface area (TPSA) is 64.3 Å². The second-order valence-electron chi connectivity index (χ2n) is 2.75. The van der Waals surface area contributed by atoms with Gasteiger partial charge in [0.15, 0.2) is 0 Å². The predicted octanol–water partition coefficient (Wildman–Crippen LogP) is 1.24. The quantitative estimate of drug-likeness (QED) is 0.559. The number of para-hydroxylation sites is 2. The van der Waals surface area contributed by atoms with Crippen LogP contribution in [0.15, 0.2) is 24.3 Å². The minimum absolute atomic E-state index is 0.141. The monoisotopic (exact) mass is 194 g/mol. The highest BCUT2D eigenvalue weighted by atomic mass is 16.5. The van der Waals surface area contributed by atoms with Crippen molar-refractivity contribution in [1.82, 2.24) is 0 Å². The van der Waals surface area contributed by atoms with Gasteiger partial charge in [0.05, 0.1) is 18.0 Å². The van der Waals surface area contributed by atoms with Crippen LogP contribution in [-0.2, 0) is 9.53 Å². The minimum Gasteiger partial charge on any atom is -0.465 e. The largest absolute Gasteiger partial charge is 0.465 e. The maximum atomic E-state index is 11.0. The van der Waals surface area contributed by atoms with Gasteiger partial charge in [0.25, 0.3) is 0 Å². The molecule has 0 aliphatic carbocycles. The van der Waals surface area contributed by atoms with E-state index in [9.17, 15) is 4.79 Å². The van der Waals surface area contributed by atoms with Crippen LogP contribution in [0.25, 0.3) is 0 Å². The molecular weight excluding hydrogens is 180 g/mol. The number of hydrogen-bond donors (Lipinski definition) is 2. The van der Waals surface area contributed by atoms with Crippen LogP contribution < -0.4 is 11.1 Å². The molecule has 0 fully saturated rings. The van der Waals surface area contributed by atoms with Crippen molar-refractivity contribution in [3.05, 3.63) is 24.3 Å². The van der Waals surface area contributed by atoms with Gasteiger partial charge in [0.1, 0.15) is 6.54 Å². The highest BCUT2D eigenvalue weighted by Crippen LogP contribution is 2.15. The van der Waals surface area contributed by atoms with Crippen LogP contribution in [-0.4, -0.2) is 19.1 Å². The molecule has 0 saturated heterocycles. The Kier molecular flexibility index (Phi) is 3.79. The highest BCUT2D eigenvalue weighted by Gasteiger charge is 2.02. The Labute approximate surface area is 83.1 Å². The third-order valence-electron chi connectivity index (χ3n) is 1.69. The maximum absolute atomic E-state index is 11.0. The van der Waals surface area contributed by atoms with E-state index in [1.807, 2.05) is 18.2 Å². The Bertz CT molecular complexity index is 313. The van der Waals surface area contributed by atoms with Crippen LogP contribution in [0, 0.1) is 0 Å². The van der Waals surface area contributed by atoms with Gasteiger partial charge in [0.2, 0.25) is 0 Å². The Morgan fingerprint density at radius 1 is 1.50 bits per heavy atom. The van der Waals surface area contributed by atoms with E-state index in [0.717, 1.165) is 5.69 Å². The summed E-state index contributed by atoms with van der Waals surface area (Å²) in [5.41, 5.74) is 7.04. The van der Waals surface area contributed by atoms with Crippen molar-refractivity contribution in [2.75, 3.05) is 24.2 Å². The average molecular weight is 194 g/mol. The van der Waals surface area contributed by atoms with Crippen molar-refractivity contribution >= 4 is 17.3 Å². The number of carbonyl (C=O) groups is 1. The molecule has 1 aromatic carbocycles. The van der Waals surface area contributed by atoms with Gasteiger partial charge in [-0.1, -0.05) is 12.1 Å². The fraction of sp³-hybridized carbons (Fsp3) is 0.300. The normalized spacial score (nSPS) is 9.50. The first kappa shape index (κ1) is 10.4. The number of nitrogen functional groups attached to an aromatic ring is 1. The molecule has 4 heteroatoms. The third kappa shape index (κ3) is 2.97. The van der Waals surface area contributed by atoms with E-state index in [1.54, 1.807) is 13.0 Å². The number of esters is 1. The number of benzene rings is 1. The SMILES string of the molecule is CCOC(=O)CNc1ccccc1N. The summed E-state index contributed by atoms with van der Waals surface area (Å²) in [6.45, 7) is 2.31. The van der Waals surface area contributed by atoms with Gasteiger partial charge in [-0.3, -0.25) is 4.79 Å². The maximum Gasteiger partial charge on any atom is 0.325 e. The van der Waals surface area contributed by atoms with Crippen molar-refractivity contribution in [2.24, 2.45) is 0 Å². The van der Waals surface area contributed by atoms with E-state index >= 15 is 0 Å². The molecule has 0 unspecified atom stereocenters. The molecule has 0 aliphatic heterocycles. The van der Waals surface area contributed by atoms with Crippen LogP contribution in [0.4, 0.5) is 11.4 Å². The van der Waals surface area contributed by atoms with Gasteiger partial charge in [-0.05, 0) is 19.1 Å². The summed E-state index contributed by atoms with van der Waals surface area (Å²) in [6, 6.07) is 7.27. The zero-order valence-electron chi connectivity index (χ0n) is 8.12. The molecule has 4 nitrogen and oxygen atoms in total. The Morgan fingerprint density at radius 2 is 2.21 bits per heavy atom. The van der Waals surface area contributed by atoms with E-state index in [2.05, 4.69) is 5.32 Å². The Hall–Kier alpha value is -1.71. The molecule has 0 aliphatic rings. The van der Waals surface area contributed by atoms with Crippen molar-refractivity contribution in [3.63, 3.8) is 0 Å². The van der Waals surface area contributed by atoms with Gasteiger partial charge in [-0.25, -0.2) is 0 Å². The summed E-state index contributed by atoms with van der Waals surface area (Å²) in [5, 5.41) is 2.90. The van der Waals surface area contributed by atoms with Crippen LogP contribution in [0.1, 0.15) is 6.92 Å². The van der Waals surface area contributed by atoms with E-state index in [0.29, 0.717) is 12.3 Å². The van der Waals surface area contributed by atoms with Crippen LogP contribution in [0.5, 0.6) is 0 Å². The fourth-order valence-corrected chi connectivity index (χ4v) is 1.04. The summed E-state index contributed by atoms with van der Waals surface area (Å²) < 4.78 is 4.76. The first-order valence-electron chi connectivity index (χ1n) is 4.48. The van der Waals surface area contributed by atoms with E-state index in [-0.39, 0.29) is 12.5 Å². The first-order chi connectivity index (χ1) is 6.74. The van der Waals surface area contributed by atoms with Crippen molar-refractivity contribution in [2.45, 2.75) is 6.92 Å². The van der Waals surface area contributed by atoms with E-state index < -0.39 is 0 Å². The number of hydrogen-bond acceptors (Lipinski definition) is 4. The van der Waals surface area contributed by atoms with Gasteiger partial charge in [-0.15, -0.1) is 0 Å². The summed E-state index contributed by atoms with van der Waals surface area (Å²) in [4.78, 5) is 11.0. The molecule has 0 spiro atoms. The van der Waals surface area contributed by atoms with Crippen LogP contribution in [0.3, 0.4) is 0 Å². The molecule has 0 atom stereocenters. The van der Waals surface area contributed by atoms with Crippen LogP contribution >= 0.6 is 0 Å².